The summed E-state index contributed by atoms with van der Waals surface area (Å²) in [7, 11) is 1.33. The van der Waals surface area contributed by atoms with Crippen molar-refractivity contribution in [3.63, 3.8) is 0 Å². The van der Waals surface area contributed by atoms with Gasteiger partial charge in [-0.3, -0.25) is 4.79 Å². The summed E-state index contributed by atoms with van der Waals surface area (Å²) in [6.45, 7) is 0.0287. The molecule has 0 spiro atoms. The Morgan fingerprint density at radius 3 is 3.19 bits per heavy atom. The Morgan fingerprint density at radius 2 is 2.50 bits per heavy atom. The van der Waals surface area contributed by atoms with E-state index in [2.05, 4.69) is 26.2 Å². The topological polar surface area (TPSA) is 69.9 Å². The zero-order valence-electron chi connectivity index (χ0n) is 8.92. The minimum Gasteiger partial charge on any atom is -0.468 e. The van der Waals surface area contributed by atoms with Crippen LogP contribution in [0.15, 0.2) is 5.16 Å². The summed E-state index contributed by atoms with van der Waals surface area (Å²) in [6.07, 6.45) is 6.76. The lowest BCUT2D eigenvalue weighted by atomic mass is 10.4. The fourth-order valence-electron chi connectivity index (χ4n) is 0.924. The summed E-state index contributed by atoms with van der Waals surface area (Å²) < 4.78 is 5.94. The van der Waals surface area contributed by atoms with E-state index in [0.29, 0.717) is 5.16 Å². The molecular formula is C9H12N4O2S. The number of terminal acetylenes is 1. The monoisotopic (exact) mass is 240 g/mol. The molecule has 16 heavy (non-hydrogen) atoms. The SMILES string of the molecule is C#CCCCSc1nnnn1CC(=O)OC. The molecule has 0 bridgehead atoms. The number of nitrogens with zero attached hydrogens (tertiary/aromatic N) is 4. The zero-order chi connectivity index (χ0) is 11.8. The number of thioether (sulfide) groups is 1. The van der Waals surface area contributed by atoms with E-state index in [0.717, 1.165) is 18.6 Å². The molecule has 1 heterocycles. The second-order valence-corrected chi connectivity index (χ2v) is 3.91. The highest BCUT2D eigenvalue weighted by Gasteiger charge is 2.10. The van der Waals surface area contributed by atoms with E-state index < -0.39 is 0 Å². The average Bonchev–Trinajstić information content (AvgIpc) is 2.72. The summed E-state index contributed by atoms with van der Waals surface area (Å²) in [5.74, 6) is 3.01. The van der Waals surface area contributed by atoms with E-state index in [1.54, 1.807) is 0 Å². The predicted octanol–water partition coefficient (Wildman–Crippen LogP) is 0.352. The first-order valence-corrected chi connectivity index (χ1v) is 5.65. The Hall–Kier alpha value is -1.55. The van der Waals surface area contributed by atoms with E-state index in [-0.39, 0.29) is 12.5 Å². The molecule has 0 aliphatic carbocycles. The van der Waals surface area contributed by atoms with Gasteiger partial charge in [-0.1, -0.05) is 11.8 Å². The first-order chi connectivity index (χ1) is 7.77. The van der Waals surface area contributed by atoms with Gasteiger partial charge in [0, 0.05) is 12.2 Å². The van der Waals surface area contributed by atoms with Crippen LogP contribution in [0.5, 0.6) is 0 Å². The molecule has 0 unspecified atom stereocenters. The molecule has 0 radical (unpaired) electrons. The molecule has 1 aromatic heterocycles. The third-order valence-electron chi connectivity index (χ3n) is 1.70. The maximum Gasteiger partial charge on any atom is 0.327 e. The van der Waals surface area contributed by atoms with Gasteiger partial charge in [-0.2, -0.15) is 0 Å². The summed E-state index contributed by atoms with van der Waals surface area (Å²) in [4.78, 5) is 11.0. The van der Waals surface area contributed by atoms with Crippen molar-refractivity contribution in [3.8, 4) is 12.3 Å². The van der Waals surface area contributed by atoms with Gasteiger partial charge in [0.1, 0.15) is 6.54 Å². The molecule has 0 fully saturated rings. The van der Waals surface area contributed by atoms with E-state index in [1.165, 1.54) is 23.6 Å². The quantitative estimate of drug-likeness (QED) is 0.309. The van der Waals surface area contributed by atoms with Gasteiger partial charge in [0.25, 0.3) is 0 Å². The molecule has 0 aliphatic heterocycles. The van der Waals surface area contributed by atoms with Gasteiger partial charge in [-0.15, -0.1) is 17.4 Å². The summed E-state index contributed by atoms with van der Waals surface area (Å²) >= 11 is 1.47. The van der Waals surface area contributed by atoms with E-state index in [1.807, 2.05) is 0 Å². The number of carbonyl (C=O) groups is 1. The number of tetrazole rings is 1. The van der Waals surface area contributed by atoms with Crippen molar-refractivity contribution in [1.82, 2.24) is 20.2 Å². The number of carbonyl (C=O) groups excluding carboxylic acids is 1. The number of ether oxygens (including phenoxy) is 1. The predicted molar refractivity (Wildman–Crippen MR) is 58.6 cm³/mol. The molecule has 0 saturated carbocycles. The number of esters is 1. The van der Waals surface area contributed by atoms with Crippen molar-refractivity contribution in [2.75, 3.05) is 12.9 Å². The Labute approximate surface area is 97.7 Å². The van der Waals surface area contributed by atoms with Gasteiger partial charge >= 0.3 is 5.97 Å². The minimum absolute atomic E-state index is 0.0287. The van der Waals surface area contributed by atoms with Crippen LogP contribution in [0.1, 0.15) is 12.8 Å². The zero-order valence-corrected chi connectivity index (χ0v) is 9.74. The molecule has 1 rings (SSSR count). The number of hydrogen-bond donors (Lipinski definition) is 0. The molecular weight excluding hydrogens is 228 g/mol. The number of methoxy groups -OCH3 is 1. The van der Waals surface area contributed by atoms with Crippen LogP contribution in [0.3, 0.4) is 0 Å². The molecule has 7 heteroatoms. The van der Waals surface area contributed by atoms with Gasteiger partial charge < -0.3 is 4.74 Å². The molecule has 1 aromatic rings. The maximum absolute atomic E-state index is 11.0. The van der Waals surface area contributed by atoms with Gasteiger partial charge in [-0.25, -0.2) is 4.68 Å². The number of unbranched alkanes of at least 4 members (excludes halogenated alkanes) is 1. The fourth-order valence-corrected chi connectivity index (χ4v) is 1.74. The Balaban J connectivity index is 2.44. The normalized spacial score (nSPS) is 9.75. The molecule has 0 aliphatic rings. The van der Waals surface area contributed by atoms with Crippen molar-refractivity contribution in [1.29, 1.82) is 0 Å². The lowest BCUT2D eigenvalue weighted by Gasteiger charge is -2.01. The third kappa shape index (κ3) is 3.90. The Morgan fingerprint density at radius 1 is 1.69 bits per heavy atom. The second kappa shape index (κ2) is 6.85. The average molecular weight is 240 g/mol. The van der Waals surface area contributed by atoms with Crippen LogP contribution in [0, 0.1) is 12.3 Å². The summed E-state index contributed by atoms with van der Waals surface area (Å²) in [6, 6.07) is 0. The van der Waals surface area contributed by atoms with Crippen molar-refractivity contribution in [2.45, 2.75) is 24.5 Å². The van der Waals surface area contributed by atoms with Gasteiger partial charge in [0.05, 0.1) is 7.11 Å². The molecule has 6 nitrogen and oxygen atoms in total. The number of aromatic nitrogens is 4. The van der Waals surface area contributed by atoms with Crippen molar-refractivity contribution in [2.24, 2.45) is 0 Å². The number of hydrogen-bond acceptors (Lipinski definition) is 6. The smallest absolute Gasteiger partial charge is 0.327 e. The van der Waals surface area contributed by atoms with Crippen LogP contribution >= 0.6 is 11.8 Å². The summed E-state index contributed by atoms with van der Waals surface area (Å²) in [5.41, 5.74) is 0. The van der Waals surface area contributed by atoms with E-state index in [9.17, 15) is 4.79 Å². The standard InChI is InChI=1S/C9H12N4O2S/c1-3-4-5-6-16-9-10-11-12-13(9)7-8(14)15-2/h1H,4-7H2,2H3. The first kappa shape index (κ1) is 12.5. The third-order valence-corrected chi connectivity index (χ3v) is 2.75. The van der Waals surface area contributed by atoms with Crippen LogP contribution in [0.4, 0.5) is 0 Å². The number of rotatable bonds is 6. The fraction of sp³-hybridized carbons (Fsp3) is 0.556. The lowest BCUT2D eigenvalue weighted by Crippen LogP contribution is -2.13. The van der Waals surface area contributed by atoms with Gasteiger partial charge in [0.2, 0.25) is 5.16 Å². The summed E-state index contributed by atoms with van der Waals surface area (Å²) in [5, 5.41) is 11.6. The first-order valence-electron chi connectivity index (χ1n) is 4.67. The van der Waals surface area contributed by atoms with Crippen LogP contribution in [0.25, 0.3) is 0 Å². The van der Waals surface area contributed by atoms with Crippen LogP contribution < -0.4 is 0 Å². The Kier molecular flexibility index (Phi) is 5.36. The Bertz CT molecular complexity index is 385. The molecule has 86 valence electrons. The van der Waals surface area contributed by atoms with Crippen LogP contribution in [-0.2, 0) is 16.1 Å². The highest BCUT2D eigenvalue weighted by Crippen LogP contribution is 2.15. The highest BCUT2D eigenvalue weighted by molar-refractivity contribution is 7.99. The van der Waals surface area contributed by atoms with E-state index in [4.69, 9.17) is 6.42 Å². The van der Waals surface area contributed by atoms with Gasteiger partial charge in [0.15, 0.2) is 0 Å². The highest BCUT2D eigenvalue weighted by atomic mass is 32.2. The van der Waals surface area contributed by atoms with E-state index >= 15 is 0 Å². The molecule has 0 amide bonds. The largest absolute Gasteiger partial charge is 0.468 e. The maximum atomic E-state index is 11.0. The van der Waals surface area contributed by atoms with Crippen molar-refractivity contribution >= 4 is 17.7 Å². The molecule has 0 aromatic carbocycles. The lowest BCUT2D eigenvalue weighted by molar-refractivity contribution is -0.141. The van der Waals surface area contributed by atoms with Gasteiger partial charge in [-0.05, 0) is 16.8 Å². The second-order valence-electron chi connectivity index (χ2n) is 2.85. The molecule has 0 atom stereocenters. The molecule has 0 N–H and O–H groups in total. The minimum atomic E-state index is -0.377. The van der Waals surface area contributed by atoms with Crippen LogP contribution in [-0.4, -0.2) is 39.0 Å². The van der Waals surface area contributed by atoms with Crippen molar-refractivity contribution < 1.29 is 9.53 Å². The van der Waals surface area contributed by atoms with Crippen LogP contribution in [0.2, 0.25) is 0 Å². The van der Waals surface area contributed by atoms with Crippen molar-refractivity contribution in [3.05, 3.63) is 0 Å². The molecule has 0 saturated heterocycles.